The van der Waals surface area contributed by atoms with Crippen LogP contribution in [0.15, 0.2) is 76.1 Å². The van der Waals surface area contributed by atoms with E-state index in [-0.39, 0.29) is 23.4 Å². The highest BCUT2D eigenvalue weighted by molar-refractivity contribution is 9.10. The predicted molar refractivity (Wildman–Crippen MR) is 164 cm³/mol. The van der Waals surface area contributed by atoms with E-state index in [9.17, 15) is 18.0 Å². The number of hydrogen-bond donors (Lipinski definition) is 1. The first-order valence-corrected chi connectivity index (χ1v) is 15.6. The topological polar surface area (TPSA) is 86.8 Å². The van der Waals surface area contributed by atoms with Crippen LogP contribution in [0.2, 0.25) is 5.02 Å². The zero-order valence-corrected chi connectivity index (χ0v) is 26.5. The monoisotopic (exact) mass is 647 g/mol. The van der Waals surface area contributed by atoms with Crippen LogP contribution in [0.3, 0.4) is 0 Å². The van der Waals surface area contributed by atoms with Gasteiger partial charge in [-0.15, -0.1) is 0 Å². The summed E-state index contributed by atoms with van der Waals surface area (Å²) in [5.74, 6) is -0.841. The summed E-state index contributed by atoms with van der Waals surface area (Å²) in [5, 5.41) is 3.27. The summed E-state index contributed by atoms with van der Waals surface area (Å²) in [6.45, 7) is 8.72. The smallest absolute Gasteiger partial charge is 0.264 e. The predicted octanol–water partition coefficient (Wildman–Crippen LogP) is 6.25. The summed E-state index contributed by atoms with van der Waals surface area (Å²) in [4.78, 5) is 28.7. The molecule has 0 unspecified atom stereocenters. The Labute approximate surface area is 250 Å². The molecule has 0 aliphatic carbocycles. The summed E-state index contributed by atoms with van der Waals surface area (Å²) in [6, 6.07) is 17.9. The lowest BCUT2D eigenvalue weighted by atomic mass is 10.1. The highest BCUT2D eigenvalue weighted by atomic mass is 79.9. The van der Waals surface area contributed by atoms with E-state index in [0.717, 1.165) is 26.3 Å². The second-order valence-corrected chi connectivity index (χ2v) is 13.1. The molecule has 40 heavy (non-hydrogen) atoms. The van der Waals surface area contributed by atoms with Gasteiger partial charge in [0, 0.05) is 22.1 Å². The molecule has 7 nitrogen and oxygen atoms in total. The number of aryl methyl sites for hydroxylation is 2. The van der Waals surface area contributed by atoms with Crippen LogP contribution >= 0.6 is 27.5 Å². The van der Waals surface area contributed by atoms with E-state index in [4.69, 9.17) is 11.6 Å². The Morgan fingerprint density at radius 1 is 1.00 bits per heavy atom. The lowest BCUT2D eigenvalue weighted by molar-refractivity contribution is -0.139. The Balaban J connectivity index is 2.07. The Hall–Kier alpha value is -2.88. The van der Waals surface area contributed by atoms with Gasteiger partial charge in [0.2, 0.25) is 11.8 Å². The molecule has 3 aromatic rings. The second kappa shape index (κ2) is 13.7. The normalized spacial score (nSPS) is 12.9. The van der Waals surface area contributed by atoms with Crippen molar-refractivity contribution < 1.29 is 18.0 Å². The number of nitrogens with one attached hydrogen (secondary N) is 1. The van der Waals surface area contributed by atoms with Crippen molar-refractivity contribution in [1.29, 1.82) is 0 Å². The molecule has 0 fully saturated rings. The number of halogens is 2. The van der Waals surface area contributed by atoms with Gasteiger partial charge in [-0.2, -0.15) is 0 Å². The van der Waals surface area contributed by atoms with Gasteiger partial charge in [-0.3, -0.25) is 13.9 Å². The van der Waals surface area contributed by atoms with Gasteiger partial charge < -0.3 is 10.2 Å². The summed E-state index contributed by atoms with van der Waals surface area (Å²) < 4.78 is 29.9. The number of nitrogens with zero attached hydrogens (tertiary/aromatic N) is 2. The first-order chi connectivity index (χ1) is 18.8. The van der Waals surface area contributed by atoms with Gasteiger partial charge in [0.1, 0.15) is 12.6 Å². The molecular formula is C30H35BrClN3O4S. The van der Waals surface area contributed by atoms with Crippen LogP contribution in [0.4, 0.5) is 5.69 Å². The maximum atomic E-state index is 14.0. The van der Waals surface area contributed by atoms with E-state index in [0.29, 0.717) is 16.3 Å². The molecule has 0 radical (unpaired) electrons. The molecule has 3 aromatic carbocycles. The van der Waals surface area contributed by atoms with Crippen LogP contribution in [-0.4, -0.2) is 43.8 Å². The van der Waals surface area contributed by atoms with Gasteiger partial charge >= 0.3 is 0 Å². The van der Waals surface area contributed by atoms with Crippen molar-refractivity contribution in [3.05, 3.63) is 92.9 Å². The van der Waals surface area contributed by atoms with Gasteiger partial charge in [0.15, 0.2) is 0 Å². The molecule has 10 heteroatoms. The number of carbonyl (C=O) groups excluding carboxylic acids is 2. The minimum atomic E-state index is -4.17. The molecule has 0 aliphatic rings. The van der Waals surface area contributed by atoms with Crippen LogP contribution in [0, 0.1) is 13.8 Å². The second-order valence-electron chi connectivity index (χ2n) is 9.90. The van der Waals surface area contributed by atoms with Gasteiger partial charge in [0.25, 0.3) is 10.0 Å². The Kier molecular flexibility index (Phi) is 10.8. The molecule has 2 amide bonds. The first kappa shape index (κ1) is 31.6. The van der Waals surface area contributed by atoms with E-state index in [2.05, 4.69) is 21.2 Å². The Morgan fingerprint density at radius 2 is 1.68 bits per heavy atom. The number of anilines is 1. The van der Waals surface area contributed by atoms with E-state index in [1.165, 1.54) is 23.1 Å². The standard InChI is InChI=1S/C30H35BrClN3O4S/c1-6-22(4)33-30(37)23(5)34(18-24-8-7-9-25(31)16-24)29(36)19-35(28-17-26(32)13-12-21(28)3)40(38,39)27-14-10-20(2)11-15-27/h7-17,22-23H,6,18-19H2,1-5H3,(H,33,37)/t22-,23+/m0/s1. The molecule has 0 heterocycles. The highest BCUT2D eigenvalue weighted by Gasteiger charge is 2.33. The van der Waals surface area contributed by atoms with Gasteiger partial charge in [-0.1, -0.05) is 70.3 Å². The van der Waals surface area contributed by atoms with Crippen LogP contribution in [-0.2, 0) is 26.2 Å². The summed E-state index contributed by atoms with van der Waals surface area (Å²) in [5.41, 5.74) is 2.62. The molecule has 0 saturated heterocycles. The molecule has 0 spiro atoms. The fraction of sp³-hybridized carbons (Fsp3) is 0.333. The number of carbonyl (C=O) groups is 2. The van der Waals surface area contributed by atoms with Crippen LogP contribution in [0.1, 0.15) is 43.9 Å². The van der Waals surface area contributed by atoms with Crippen LogP contribution < -0.4 is 9.62 Å². The van der Waals surface area contributed by atoms with Crippen molar-refractivity contribution in [2.75, 3.05) is 10.8 Å². The zero-order valence-electron chi connectivity index (χ0n) is 23.3. The van der Waals surface area contributed by atoms with Crippen molar-refractivity contribution in [3.63, 3.8) is 0 Å². The van der Waals surface area contributed by atoms with Gasteiger partial charge in [-0.05, 0) is 81.6 Å². The molecule has 1 N–H and O–H groups in total. The van der Waals surface area contributed by atoms with E-state index in [1.54, 1.807) is 38.1 Å². The molecule has 0 saturated carbocycles. The first-order valence-electron chi connectivity index (χ1n) is 13.0. The van der Waals surface area contributed by atoms with E-state index in [1.807, 2.05) is 45.0 Å². The van der Waals surface area contributed by atoms with Crippen molar-refractivity contribution >= 4 is 55.1 Å². The lowest BCUT2D eigenvalue weighted by Crippen LogP contribution is -2.52. The van der Waals surface area contributed by atoms with E-state index < -0.39 is 28.5 Å². The minimum Gasteiger partial charge on any atom is -0.352 e. The molecule has 3 rings (SSSR count). The third-order valence-corrected chi connectivity index (χ3v) is 9.24. The van der Waals surface area contributed by atoms with Crippen molar-refractivity contribution in [1.82, 2.24) is 10.2 Å². The third-order valence-electron chi connectivity index (χ3n) is 6.74. The highest BCUT2D eigenvalue weighted by Crippen LogP contribution is 2.30. The molecule has 2 atom stereocenters. The maximum Gasteiger partial charge on any atom is 0.264 e. The summed E-state index contributed by atoms with van der Waals surface area (Å²) >= 11 is 9.74. The number of rotatable bonds is 11. The van der Waals surface area contributed by atoms with Crippen LogP contribution in [0.25, 0.3) is 0 Å². The maximum absolute atomic E-state index is 14.0. The SMILES string of the molecule is CC[C@H](C)NC(=O)[C@@H](C)N(Cc1cccc(Br)c1)C(=O)CN(c1cc(Cl)ccc1C)S(=O)(=O)c1ccc(C)cc1. The fourth-order valence-electron chi connectivity index (χ4n) is 4.08. The number of hydrogen-bond acceptors (Lipinski definition) is 4. The molecule has 214 valence electrons. The Morgan fingerprint density at radius 3 is 2.30 bits per heavy atom. The number of sulfonamides is 1. The minimum absolute atomic E-state index is 0.0476. The molecule has 0 aromatic heterocycles. The number of benzene rings is 3. The molecule has 0 aliphatic heterocycles. The average molecular weight is 649 g/mol. The average Bonchev–Trinajstić information content (AvgIpc) is 2.91. The fourth-order valence-corrected chi connectivity index (χ4v) is 6.17. The van der Waals surface area contributed by atoms with Crippen molar-refractivity contribution in [2.45, 2.75) is 64.6 Å². The van der Waals surface area contributed by atoms with Crippen LogP contribution in [0.5, 0.6) is 0 Å². The molecule has 0 bridgehead atoms. The van der Waals surface area contributed by atoms with Gasteiger partial charge in [0.05, 0.1) is 10.6 Å². The van der Waals surface area contributed by atoms with Crippen molar-refractivity contribution in [3.8, 4) is 0 Å². The largest absolute Gasteiger partial charge is 0.352 e. The summed E-state index contributed by atoms with van der Waals surface area (Å²) in [7, 11) is -4.17. The molecular weight excluding hydrogens is 614 g/mol. The summed E-state index contributed by atoms with van der Waals surface area (Å²) in [6.07, 6.45) is 0.731. The third kappa shape index (κ3) is 7.86. The Bertz CT molecular complexity index is 1460. The lowest BCUT2D eigenvalue weighted by Gasteiger charge is -2.33. The number of amides is 2. The van der Waals surface area contributed by atoms with E-state index >= 15 is 0 Å². The quantitative estimate of drug-likeness (QED) is 0.267. The zero-order chi connectivity index (χ0) is 29.6. The van der Waals surface area contributed by atoms with Gasteiger partial charge in [-0.25, -0.2) is 8.42 Å². The van der Waals surface area contributed by atoms with Crippen molar-refractivity contribution in [2.24, 2.45) is 0 Å².